The molecule has 4 N–H and O–H groups in total. The molecule has 1 fully saturated rings. The van der Waals surface area contributed by atoms with E-state index in [0.29, 0.717) is 5.02 Å². The first-order valence-electron chi connectivity index (χ1n) is 5.24. The first-order valence-corrected chi connectivity index (χ1v) is 7.57. The van der Waals surface area contributed by atoms with Crippen LogP contribution in [0.3, 0.4) is 0 Å². The molecule has 0 amide bonds. The summed E-state index contributed by atoms with van der Waals surface area (Å²) in [6.07, 6.45) is 1.20. The van der Waals surface area contributed by atoms with Crippen molar-refractivity contribution in [3.63, 3.8) is 0 Å². The van der Waals surface area contributed by atoms with Crippen LogP contribution >= 0.6 is 11.6 Å². The minimum absolute atomic E-state index is 0.151. The largest absolute Gasteiger partial charge is 0.329 e. The van der Waals surface area contributed by atoms with Gasteiger partial charge in [-0.1, -0.05) is 23.7 Å². The second-order valence-corrected chi connectivity index (χ2v) is 7.20. The van der Waals surface area contributed by atoms with Gasteiger partial charge in [0.05, 0.1) is 10.8 Å². The van der Waals surface area contributed by atoms with Crippen LogP contribution < -0.4 is 11.5 Å². The SMILES string of the molecule is CS(=O)(=O)[C@@H]1[C@@H](c2ccc(Cl)cc2)[C@]1(N)CN. The predicted molar refractivity (Wildman–Crippen MR) is 68.8 cm³/mol. The lowest BCUT2D eigenvalue weighted by Gasteiger charge is -2.07. The average molecular weight is 275 g/mol. The Morgan fingerprint density at radius 1 is 1.35 bits per heavy atom. The van der Waals surface area contributed by atoms with E-state index in [2.05, 4.69) is 0 Å². The summed E-state index contributed by atoms with van der Waals surface area (Å²) in [6.45, 7) is 0.151. The van der Waals surface area contributed by atoms with Gasteiger partial charge in [-0.3, -0.25) is 0 Å². The van der Waals surface area contributed by atoms with Gasteiger partial charge in [0.15, 0.2) is 9.84 Å². The average Bonchev–Trinajstić information content (AvgIpc) is 2.87. The van der Waals surface area contributed by atoms with Gasteiger partial charge in [0, 0.05) is 23.7 Å². The number of benzene rings is 1. The highest BCUT2D eigenvalue weighted by Crippen LogP contribution is 2.53. The molecule has 2 rings (SSSR count). The summed E-state index contributed by atoms with van der Waals surface area (Å²) in [5.41, 5.74) is 11.7. The van der Waals surface area contributed by atoms with Crippen molar-refractivity contribution in [1.82, 2.24) is 0 Å². The summed E-state index contributed by atoms with van der Waals surface area (Å²) in [7, 11) is -3.19. The third-order valence-corrected chi connectivity index (χ3v) is 5.23. The topological polar surface area (TPSA) is 86.2 Å². The van der Waals surface area contributed by atoms with Crippen molar-refractivity contribution in [2.75, 3.05) is 12.8 Å². The van der Waals surface area contributed by atoms with Crippen LogP contribution in [0, 0.1) is 0 Å². The highest BCUT2D eigenvalue weighted by atomic mass is 35.5. The molecule has 0 radical (unpaired) electrons. The molecule has 1 aliphatic rings. The summed E-state index contributed by atoms with van der Waals surface area (Å²) in [6, 6.07) is 7.06. The Morgan fingerprint density at radius 2 is 1.88 bits per heavy atom. The summed E-state index contributed by atoms with van der Waals surface area (Å²) in [5.74, 6) is -0.236. The molecule has 3 atom stereocenters. The maximum atomic E-state index is 11.7. The van der Waals surface area contributed by atoms with Crippen LogP contribution in [-0.4, -0.2) is 32.0 Å². The van der Waals surface area contributed by atoms with E-state index in [-0.39, 0.29) is 12.5 Å². The predicted octanol–water partition coefficient (Wildman–Crippen LogP) is 0.507. The maximum absolute atomic E-state index is 11.7. The lowest BCUT2D eigenvalue weighted by molar-refractivity contribution is 0.591. The minimum Gasteiger partial charge on any atom is -0.329 e. The van der Waals surface area contributed by atoms with Gasteiger partial charge in [0.1, 0.15) is 0 Å². The van der Waals surface area contributed by atoms with Crippen molar-refractivity contribution in [2.24, 2.45) is 11.5 Å². The molecule has 6 heteroatoms. The van der Waals surface area contributed by atoms with Crippen molar-refractivity contribution in [3.05, 3.63) is 34.9 Å². The van der Waals surface area contributed by atoms with Crippen molar-refractivity contribution in [2.45, 2.75) is 16.7 Å². The van der Waals surface area contributed by atoms with Crippen LogP contribution in [0.15, 0.2) is 24.3 Å². The molecular weight excluding hydrogens is 260 g/mol. The second kappa shape index (κ2) is 3.95. The minimum atomic E-state index is -3.19. The van der Waals surface area contributed by atoms with Crippen molar-refractivity contribution in [3.8, 4) is 0 Å². The van der Waals surface area contributed by atoms with Crippen molar-refractivity contribution >= 4 is 21.4 Å². The number of hydrogen-bond acceptors (Lipinski definition) is 4. The van der Waals surface area contributed by atoms with Gasteiger partial charge in [-0.05, 0) is 17.7 Å². The molecule has 0 aliphatic heterocycles. The molecule has 1 aromatic carbocycles. The van der Waals surface area contributed by atoms with Gasteiger partial charge < -0.3 is 11.5 Å². The van der Waals surface area contributed by atoms with Crippen molar-refractivity contribution in [1.29, 1.82) is 0 Å². The Kier molecular flexibility index (Phi) is 2.98. The molecule has 0 spiro atoms. The summed E-state index contributed by atoms with van der Waals surface area (Å²) in [4.78, 5) is 0. The Morgan fingerprint density at radius 3 is 2.24 bits per heavy atom. The van der Waals surface area contributed by atoms with E-state index in [4.69, 9.17) is 23.1 Å². The second-order valence-electron chi connectivity index (χ2n) is 4.60. The standard InChI is InChI=1S/C11H15ClN2O2S/c1-17(15,16)10-9(11(10,14)6-13)7-2-4-8(12)5-3-7/h2-5,9-10H,6,13-14H2,1H3/t9-,10-,11-/m1/s1. The van der Waals surface area contributed by atoms with Gasteiger partial charge >= 0.3 is 0 Å². The van der Waals surface area contributed by atoms with Crippen molar-refractivity contribution < 1.29 is 8.42 Å². The molecule has 17 heavy (non-hydrogen) atoms. The maximum Gasteiger partial charge on any atom is 0.152 e. The third-order valence-electron chi connectivity index (χ3n) is 3.35. The highest BCUT2D eigenvalue weighted by molar-refractivity contribution is 7.91. The van der Waals surface area contributed by atoms with E-state index in [0.717, 1.165) is 5.56 Å². The van der Waals surface area contributed by atoms with E-state index < -0.39 is 20.6 Å². The molecule has 0 saturated heterocycles. The van der Waals surface area contributed by atoms with Gasteiger partial charge in [-0.15, -0.1) is 0 Å². The van der Waals surface area contributed by atoms with E-state index in [1.807, 2.05) is 0 Å². The molecule has 1 aromatic rings. The first kappa shape index (κ1) is 12.8. The number of rotatable bonds is 3. The van der Waals surface area contributed by atoms with Gasteiger partial charge in [0.2, 0.25) is 0 Å². The molecule has 0 bridgehead atoms. The molecule has 0 heterocycles. The normalized spacial score (nSPS) is 32.5. The molecule has 1 aliphatic carbocycles. The first-order chi connectivity index (χ1) is 7.80. The molecule has 1 saturated carbocycles. The van der Waals surface area contributed by atoms with Gasteiger partial charge in [-0.25, -0.2) is 8.42 Å². The van der Waals surface area contributed by atoms with Crippen LogP contribution in [-0.2, 0) is 9.84 Å². The van der Waals surface area contributed by atoms with Gasteiger partial charge in [0.25, 0.3) is 0 Å². The highest BCUT2D eigenvalue weighted by Gasteiger charge is 2.67. The fourth-order valence-electron chi connectivity index (χ4n) is 2.47. The molecule has 0 unspecified atom stereocenters. The molecular formula is C11H15ClN2O2S. The lowest BCUT2D eigenvalue weighted by atomic mass is 10.1. The Hall–Kier alpha value is -0.620. The van der Waals surface area contributed by atoms with Crippen LogP contribution in [0.5, 0.6) is 0 Å². The summed E-state index contributed by atoms with van der Waals surface area (Å²) < 4.78 is 23.3. The number of nitrogens with two attached hydrogens (primary N) is 2. The number of hydrogen-bond donors (Lipinski definition) is 2. The van der Waals surface area contributed by atoms with Gasteiger partial charge in [-0.2, -0.15) is 0 Å². The van der Waals surface area contributed by atoms with E-state index in [9.17, 15) is 8.42 Å². The van der Waals surface area contributed by atoms with Crippen LogP contribution in [0.4, 0.5) is 0 Å². The van der Waals surface area contributed by atoms with Crippen LogP contribution in [0.25, 0.3) is 0 Å². The quantitative estimate of drug-likeness (QED) is 0.841. The zero-order valence-corrected chi connectivity index (χ0v) is 11.0. The fraction of sp³-hybridized carbons (Fsp3) is 0.455. The number of halogens is 1. The van der Waals surface area contributed by atoms with E-state index >= 15 is 0 Å². The van der Waals surface area contributed by atoms with E-state index in [1.54, 1.807) is 24.3 Å². The zero-order chi connectivity index (χ0) is 12.8. The van der Waals surface area contributed by atoms with E-state index in [1.165, 1.54) is 6.26 Å². The Labute approximate surface area is 106 Å². The molecule has 0 aromatic heterocycles. The molecule has 4 nitrogen and oxygen atoms in total. The smallest absolute Gasteiger partial charge is 0.152 e. The monoisotopic (exact) mass is 274 g/mol. The number of sulfone groups is 1. The molecule has 94 valence electrons. The Balaban J connectivity index is 2.37. The lowest BCUT2D eigenvalue weighted by Crippen LogP contribution is -2.38. The van der Waals surface area contributed by atoms with Crippen LogP contribution in [0.1, 0.15) is 11.5 Å². The fourth-order valence-corrected chi connectivity index (χ4v) is 4.46. The Bertz CT molecular complexity index is 529. The summed E-state index contributed by atoms with van der Waals surface area (Å²) in [5, 5.41) is 0.0156. The third kappa shape index (κ3) is 2.08. The zero-order valence-electron chi connectivity index (χ0n) is 9.43. The van der Waals surface area contributed by atoms with Crippen LogP contribution in [0.2, 0.25) is 5.02 Å². The summed E-state index contributed by atoms with van der Waals surface area (Å²) >= 11 is 5.79.